The minimum Gasteiger partial charge on any atom is -0.454 e. The minimum atomic E-state index is -0.881. The molecule has 0 bridgehead atoms. The normalized spacial score (nSPS) is 10.1. The van der Waals surface area contributed by atoms with Crippen LogP contribution in [0.25, 0.3) is 0 Å². The fourth-order valence-corrected chi connectivity index (χ4v) is 2.35. The summed E-state index contributed by atoms with van der Waals surface area (Å²) in [5.41, 5.74) is -0.430. The Labute approximate surface area is 128 Å². The number of carbonyl (C=O) groups excluding carboxylic acids is 2. The largest absolute Gasteiger partial charge is 0.454 e. The maximum absolute atomic E-state index is 11.8. The Kier molecular flexibility index (Phi) is 4.66. The number of Topliss-reactive ketones (excluding diaryl/α,β-unsaturated/α-hetero) is 1. The molecule has 0 aliphatic heterocycles. The van der Waals surface area contributed by atoms with Gasteiger partial charge in [-0.05, 0) is 17.5 Å². The Bertz CT molecular complexity index is 699. The molecule has 1 aromatic heterocycles. The first-order valence-electron chi connectivity index (χ1n) is 5.67. The number of nitrogens with zero attached hydrogens (tertiary/aromatic N) is 1. The molecule has 21 heavy (non-hydrogen) atoms. The van der Waals surface area contributed by atoms with Gasteiger partial charge in [0, 0.05) is 12.1 Å². The number of non-ortho nitro benzene ring substituents is 1. The predicted octanol–water partition coefficient (Wildman–Crippen LogP) is 3.35. The van der Waals surface area contributed by atoms with Crippen molar-refractivity contribution in [3.63, 3.8) is 0 Å². The first kappa shape index (κ1) is 15.1. The first-order valence-corrected chi connectivity index (χ1v) is 6.92. The molecule has 0 amide bonds. The third-order valence-electron chi connectivity index (χ3n) is 2.51. The monoisotopic (exact) mass is 325 g/mol. The Morgan fingerprint density at radius 1 is 1.33 bits per heavy atom. The van der Waals surface area contributed by atoms with Crippen molar-refractivity contribution in [2.24, 2.45) is 0 Å². The smallest absolute Gasteiger partial charge is 0.340 e. The minimum absolute atomic E-state index is 0.0224. The topological polar surface area (TPSA) is 86.5 Å². The Balaban J connectivity index is 2.08. The second-order valence-corrected chi connectivity index (χ2v) is 5.25. The van der Waals surface area contributed by atoms with E-state index >= 15 is 0 Å². The molecule has 0 saturated carbocycles. The lowest BCUT2D eigenvalue weighted by molar-refractivity contribution is -0.384. The summed E-state index contributed by atoms with van der Waals surface area (Å²) in [6.45, 7) is -0.446. The van der Waals surface area contributed by atoms with Gasteiger partial charge in [0.2, 0.25) is 5.78 Å². The summed E-state index contributed by atoms with van der Waals surface area (Å²) in [7, 11) is 0. The fourth-order valence-electron chi connectivity index (χ4n) is 1.50. The zero-order chi connectivity index (χ0) is 15.4. The van der Waals surface area contributed by atoms with Crippen molar-refractivity contribution in [3.8, 4) is 0 Å². The van der Waals surface area contributed by atoms with Gasteiger partial charge in [0.05, 0.1) is 20.4 Å². The second kappa shape index (κ2) is 6.47. The Morgan fingerprint density at radius 3 is 2.71 bits per heavy atom. The summed E-state index contributed by atoms with van der Waals surface area (Å²) in [4.78, 5) is 34.0. The Hall–Kier alpha value is -2.25. The summed E-state index contributed by atoms with van der Waals surface area (Å²) in [5.74, 6) is -1.23. The molecule has 0 N–H and O–H groups in total. The number of carbonyl (C=O) groups is 2. The molecule has 8 heteroatoms. The zero-order valence-electron chi connectivity index (χ0n) is 10.4. The third kappa shape index (κ3) is 3.65. The van der Waals surface area contributed by atoms with E-state index < -0.39 is 17.5 Å². The molecule has 0 saturated heterocycles. The number of ether oxygens (including phenoxy) is 1. The van der Waals surface area contributed by atoms with Crippen LogP contribution in [0.2, 0.25) is 5.02 Å². The van der Waals surface area contributed by atoms with Gasteiger partial charge in [-0.15, -0.1) is 11.3 Å². The van der Waals surface area contributed by atoms with Crippen LogP contribution in [0.1, 0.15) is 20.0 Å². The van der Waals surface area contributed by atoms with Crippen LogP contribution in [0.4, 0.5) is 5.69 Å². The maximum Gasteiger partial charge on any atom is 0.340 e. The van der Waals surface area contributed by atoms with Crippen molar-refractivity contribution in [2.45, 2.75) is 0 Å². The Morgan fingerprint density at radius 2 is 2.10 bits per heavy atom. The van der Waals surface area contributed by atoms with Gasteiger partial charge in [-0.2, -0.15) is 0 Å². The summed E-state index contributed by atoms with van der Waals surface area (Å²) < 4.78 is 4.84. The van der Waals surface area contributed by atoms with Gasteiger partial charge in [0.25, 0.3) is 5.69 Å². The van der Waals surface area contributed by atoms with Crippen LogP contribution in [-0.2, 0) is 4.74 Å². The van der Waals surface area contributed by atoms with Gasteiger partial charge >= 0.3 is 5.97 Å². The molecule has 1 heterocycles. The SMILES string of the molecule is O=C(COC(=O)c1cc([N+](=O)[O-])ccc1Cl)c1cccs1. The number of hydrogen-bond donors (Lipinski definition) is 0. The van der Waals surface area contributed by atoms with Gasteiger partial charge in [-0.25, -0.2) is 4.79 Å². The average Bonchev–Trinajstić information content (AvgIpc) is 2.98. The van der Waals surface area contributed by atoms with Crippen LogP contribution < -0.4 is 0 Å². The fraction of sp³-hybridized carbons (Fsp3) is 0.0769. The van der Waals surface area contributed by atoms with Crippen LogP contribution in [0.15, 0.2) is 35.7 Å². The van der Waals surface area contributed by atoms with E-state index in [2.05, 4.69) is 0 Å². The number of halogens is 1. The highest BCUT2D eigenvalue weighted by molar-refractivity contribution is 7.12. The zero-order valence-corrected chi connectivity index (χ0v) is 12.0. The van der Waals surface area contributed by atoms with Crippen molar-refractivity contribution < 1.29 is 19.2 Å². The lowest BCUT2D eigenvalue weighted by Gasteiger charge is -2.05. The highest BCUT2D eigenvalue weighted by Crippen LogP contribution is 2.23. The standard InChI is InChI=1S/C13H8ClNO5S/c14-10-4-3-8(15(18)19)6-9(10)13(17)20-7-11(16)12-2-1-5-21-12/h1-6H,7H2. The number of nitro benzene ring substituents is 1. The highest BCUT2D eigenvalue weighted by atomic mass is 35.5. The third-order valence-corrected chi connectivity index (χ3v) is 3.75. The molecular formula is C13H8ClNO5S. The van der Waals surface area contributed by atoms with Gasteiger partial charge in [-0.1, -0.05) is 17.7 Å². The van der Waals surface area contributed by atoms with E-state index in [1.165, 1.54) is 23.5 Å². The first-order chi connectivity index (χ1) is 9.99. The average molecular weight is 326 g/mol. The molecule has 0 spiro atoms. The quantitative estimate of drug-likeness (QED) is 0.364. The number of thiophene rings is 1. The second-order valence-electron chi connectivity index (χ2n) is 3.90. The molecule has 108 valence electrons. The van der Waals surface area contributed by atoms with Crippen molar-refractivity contribution in [3.05, 3.63) is 61.3 Å². The van der Waals surface area contributed by atoms with Crippen LogP contribution in [0.3, 0.4) is 0 Å². The number of esters is 1. The van der Waals surface area contributed by atoms with Gasteiger partial charge in [0.15, 0.2) is 6.61 Å². The van der Waals surface area contributed by atoms with E-state index in [0.717, 1.165) is 6.07 Å². The van der Waals surface area contributed by atoms with E-state index in [1.807, 2.05) is 0 Å². The van der Waals surface area contributed by atoms with Crippen LogP contribution >= 0.6 is 22.9 Å². The van der Waals surface area contributed by atoms with E-state index in [-0.39, 0.29) is 22.1 Å². The van der Waals surface area contributed by atoms with E-state index in [4.69, 9.17) is 16.3 Å². The molecule has 1 aromatic carbocycles. The summed E-state index contributed by atoms with van der Waals surface area (Å²) in [5, 5.41) is 12.4. The van der Waals surface area contributed by atoms with Crippen LogP contribution in [0.5, 0.6) is 0 Å². The van der Waals surface area contributed by atoms with Crippen LogP contribution in [-0.4, -0.2) is 23.3 Å². The van der Waals surface area contributed by atoms with Gasteiger partial charge in [-0.3, -0.25) is 14.9 Å². The molecule has 0 fully saturated rings. The highest BCUT2D eigenvalue weighted by Gasteiger charge is 2.18. The maximum atomic E-state index is 11.8. The molecule has 0 atom stereocenters. The van der Waals surface area contributed by atoms with E-state index in [9.17, 15) is 19.7 Å². The van der Waals surface area contributed by atoms with E-state index in [1.54, 1.807) is 17.5 Å². The lowest BCUT2D eigenvalue weighted by Crippen LogP contribution is -2.14. The van der Waals surface area contributed by atoms with Gasteiger partial charge in [0.1, 0.15) is 0 Å². The summed E-state index contributed by atoms with van der Waals surface area (Å²) >= 11 is 7.04. The molecule has 0 radical (unpaired) electrons. The molecule has 0 aliphatic rings. The molecule has 0 unspecified atom stereocenters. The lowest BCUT2D eigenvalue weighted by atomic mass is 10.2. The number of hydrogen-bond acceptors (Lipinski definition) is 6. The predicted molar refractivity (Wildman–Crippen MR) is 77.0 cm³/mol. The molecule has 6 nitrogen and oxygen atoms in total. The number of rotatable bonds is 5. The molecule has 2 aromatic rings. The summed E-state index contributed by atoms with van der Waals surface area (Å²) in [6.07, 6.45) is 0. The van der Waals surface area contributed by atoms with Crippen molar-refractivity contribution in [1.29, 1.82) is 0 Å². The van der Waals surface area contributed by atoms with Gasteiger partial charge < -0.3 is 4.74 Å². The van der Waals surface area contributed by atoms with Crippen LogP contribution in [0, 0.1) is 10.1 Å². The molecule has 2 rings (SSSR count). The summed E-state index contributed by atoms with van der Waals surface area (Å²) in [6, 6.07) is 6.74. The van der Waals surface area contributed by atoms with Crippen molar-refractivity contribution in [2.75, 3.05) is 6.61 Å². The van der Waals surface area contributed by atoms with Crippen molar-refractivity contribution in [1.82, 2.24) is 0 Å². The number of nitro groups is 1. The number of benzene rings is 1. The van der Waals surface area contributed by atoms with E-state index in [0.29, 0.717) is 4.88 Å². The number of ketones is 1. The van der Waals surface area contributed by atoms with Crippen molar-refractivity contribution >= 4 is 40.4 Å². The molecular weight excluding hydrogens is 318 g/mol. The molecule has 0 aliphatic carbocycles.